The number of carbonyl (C=O) groups excluding carboxylic acids is 3. The average molecular weight is 758 g/mol. The summed E-state index contributed by atoms with van der Waals surface area (Å²) in [5, 5.41) is 8.31. The van der Waals surface area contributed by atoms with E-state index in [9.17, 15) is 14.4 Å². The SMILES string of the molecule is CCn1c(-c2cccnc2[C@H](C)OC)c2c3cc(ccc31)-c1csc(n1)C[C@H](NC(=O)N(C)CCC(C)C)C(=O)N1CCC[C@H](N1)C(=O)OCC(C)(C)C2. The summed E-state index contributed by atoms with van der Waals surface area (Å²) >= 11 is 1.47. The first kappa shape index (κ1) is 39.4. The number of aromatic nitrogens is 3. The summed E-state index contributed by atoms with van der Waals surface area (Å²) in [6.45, 7) is 14.5. The number of benzene rings is 1. The lowest BCUT2D eigenvalue weighted by molar-refractivity contribution is -0.155. The molecule has 1 saturated heterocycles. The molecule has 2 N–H and O–H groups in total. The molecule has 0 radical (unpaired) electrons. The van der Waals surface area contributed by atoms with Crippen LogP contribution in [0.2, 0.25) is 0 Å². The first-order chi connectivity index (χ1) is 25.8. The molecule has 2 aliphatic heterocycles. The summed E-state index contributed by atoms with van der Waals surface area (Å²) in [7, 11) is 3.44. The highest BCUT2D eigenvalue weighted by Gasteiger charge is 2.36. The number of cyclic esters (lactones) is 1. The minimum absolute atomic E-state index is 0.182. The molecule has 2 aliphatic rings. The van der Waals surface area contributed by atoms with Gasteiger partial charge < -0.3 is 24.3 Å². The fourth-order valence-corrected chi connectivity index (χ4v) is 8.23. The Morgan fingerprint density at radius 1 is 1.22 bits per heavy atom. The van der Waals surface area contributed by atoms with Crippen LogP contribution in [0.15, 0.2) is 41.9 Å². The van der Waals surface area contributed by atoms with Crippen LogP contribution in [0.3, 0.4) is 0 Å². The van der Waals surface area contributed by atoms with Crippen molar-refractivity contribution in [3.8, 4) is 22.5 Å². The monoisotopic (exact) mass is 757 g/mol. The van der Waals surface area contributed by atoms with E-state index in [1.165, 1.54) is 16.3 Å². The molecule has 54 heavy (non-hydrogen) atoms. The van der Waals surface area contributed by atoms with Crippen molar-refractivity contribution in [3.63, 3.8) is 0 Å². The van der Waals surface area contributed by atoms with Gasteiger partial charge in [-0.15, -0.1) is 11.3 Å². The topological polar surface area (TPSA) is 131 Å². The van der Waals surface area contributed by atoms with Gasteiger partial charge in [0.25, 0.3) is 5.91 Å². The summed E-state index contributed by atoms with van der Waals surface area (Å²) in [4.78, 5) is 52.6. The second kappa shape index (κ2) is 16.6. The smallest absolute Gasteiger partial charge is 0.324 e. The molecule has 3 aromatic heterocycles. The fraction of sp³-hybridized carbons (Fsp3) is 0.537. The highest BCUT2D eigenvalue weighted by atomic mass is 32.1. The number of esters is 1. The minimum Gasteiger partial charge on any atom is -0.464 e. The van der Waals surface area contributed by atoms with E-state index in [-0.39, 0.29) is 31.1 Å². The molecule has 290 valence electrons. The number of hydrogen-bond acceptors (Lipinski definition) is 9. The lowest BCUT2D eigenvalue weighted by Crippen LogP contribution is -2.61. The van der Waals surface area contributed by atoms with E-state index < -0.39 is 23.5 Å². The number of pyridine rings is 1. The van der Waals surface area contributed by atoms with Crippen molar-refractivity contribution in [1.82, 2.24) is 35.2 Å². The van der Waals surface area contributed by atoms with Crippen LogP contribution in [0.25, 0.3) is 33.4 Å². The normalized spacial score (nSPS) is 19.8. The molecule has 1 aromatic carbocycles. The van der Waals surface area contributed by atoms with Gasteiger partial charge in [-0.2, -0.15) is 0 Å². The molecule has 4 aromatic rings. The number of methoxy groups -OCH3 is 1. The summed E-state index contributed by atoms with van der Waals surface area (Å²) in [6.07, 6.45) is 4.40. The van der Waals surface area contributed by atoms with Gasteiger partial charge in [0.15, 0.2) is 0 Å². The van der Waals surface area contributed by atoms with Crippen LogP contribution in [0, 0.1) is 11.3 Å². The molecular weight excluding hydrogens is 703 g/mol. The molecule has 3 atom stereocenters. The number of rotatable bonds is 8. The van der Waals surface area contributed by atoms with Gasteiger partial charge in [0.2, 0.25) is 0 Å². The van der Waals surface area contributed by atoms with Crippen molar-refractivity contribution in [2.24, 2.45) is 11.3 Å². The molecule has 0 saturated carbocycles. The predicted octanol–water partition coefficient (Wildman–Crippen LogP) is 6.77. The zero-order valence-corrected chi connectivity index (χ0v) is 33.7. The number of fused-ring (bicyclic) bond motifs is 6. The Morgan fingerprint density at radius 2 is 2.02 bits per heavy atom. The maximum Gasteiger partial charge on any atom is 0.324 e. The van der Waals surface area contributed by atoms with Gasteiger partial charge in [-0.1, -0.05) is 33.8 Å². The molecule has 3 amide bonds. The quantitative estimate of drug-likeness (QED) is 0.188. The molecule has 6 bridgehead atoms. The molecule has 12 nitrogen and oxygen atoms in total. The summed E-state index contributed by atoms with van der Waals surface area (Å²) < 4.78 is 14.2. The van der Waals surface area contributed by atoms with E-state index in [0.717, 1.165) is 62.6 Å². The Labute approximate surface area is 322 Å². The number of ether oxygens (including phenoxy) is 2. The molecule has 13 heteroatoms. The van der Waals surface area contributed by atoms with Crippen LogP contribution in [-0.4, -0.2) is 88.3 Å². The van der Waals surface area contributed by atoms with Crippen LogP contribution < -0.4 is 10.7 Å². The standard InChI is InChI=1S/C41H55N7O5S/c1-9-47-34-15-14-27-20-29(34)30(37(47)28-12-10-17-42-36(28)26(4)52-8)22-41(5,6)24-53-39(50)31-13-11-18-48(45-31)38(49)32(21-35-43-33(27)23-54-35)44-40(51)46(7)19-16-25(2)3/h10,12,14-15,17,20,23,25-26,31-32,45H,9,11,13,16,18-19,21-22,24H2,1-8H3,(H,44,51)/t26-,31-,32-/m0/s1. The van der Waals surface area contributed by atoms with Crippen LogP contribution in [0.1, 0.15) is 83.2 Å². The van der Waals surface area contributed by atoms with Crippen molar-refractivity contribution in [2.45, 2.75) is 98.4 Å². The van der Waals surface area contributed by atoms with Crippen LogP contribution in [-0.2, 0) is 38.4 Å². The average Bonchev–Trinajstić information content (AvgIpc) is 3.76. The number of nitrogens with zero attached hydrogens (tertiary/aromatic N) is 5. The number of hydrazine groups is 1. The van der Waals surface area contributed by atoms with Gasteiger partial charge >= 0.3 is 12.0 Å². The third-order valence-electron chi connectivity index (χ3n) is 10.5. The Bertz CT molecular complexity index is 1990. The largest absolute Gasteiger partial charge is 0.464 e. The second-order valence-electron chi connectivity index (χ2n) is 15.8. The molecule has 0 unspecified atom stereocenters. The molecular formula is C41H55N7O5S. The van der Waals surface area contributed by atoms with Gasteiger partial charge in [0.1, 0.15) is 12.1 Å². The van der Waals surface area contributed by atoms with E-state index >= 15 is 0 Å². The molecule has 5 heterocycles. The van der Waals surface area contributed by atoms with Crippen molar-refractivity contribution in [3.05, 3.63) is 58.2 Å². The van der Waals surface area contributed by atoms with Gasteiger partial charge in [0.05, 0.1) is 34.8 Å². The number of urea groups is 1. The minimum atomic E-state index is -0.892. The Kier molecular flexibility index (Phi) is 12.1. The number of aryl methyl sites for hydroxylation is 1. The van der Waals surface area contributed by atoms with Gasteiger partial charge in [-0.25, -0.2) is 15.2 Å². The van der Waals surface area contributed by atoms with Crippen molar-refractivity contribution >= 4 is 40.1 Å². The van der Waals surface area contributed by atoms with E-state index in [2.05, 4.69) is 74.2 Å². The Morgan fingerprint density at radius 3 is 2.76 bits per heavy atom. The highest BCUT2D eigenvalue weighted by Crippen LogP contribution is 2.42. The predicted molar refractivity (Wildman–Crippen MR) is 212 cm³/mol. The van der Waals surface area contributed by atoms with Crippen molar-refractivity contribution < 1.29 is 23.9 Å². The Hall–Kier alpha value is -4.33. The van der Waals surface area contributed by atoms with Crippen LogP contribution >= 0.6 is 11.3 Å². The number of amides is 3. The summed E-state index contributed by atoms with van der Waals surface area (Å²) in [5.41, 5.74) is 9.62. The van der Waals surface area contributed by atoms with Gasteiger partial charge in [0, 0.05) is 79.2 Å². The van der Waals surface area contributed by atoms with Gasteiger partial charge in [-0.3, -0.25) is 19.6 Å². The maximum absolute atomic E-state index is 14.1. The maximum atomic E-state index is 14.1. The van der Waals surface area contributed by atoms with E-state index in [4.69, 9.17) is 19.4 Å². The first-order valence-electron chi connectivity index (χ1n) is 19.1. The molecule has 0 spiro atoms. The number of hydrogen-bond donors (Lipinski definition) is 2. The molecule has 1 fully saturated rings. The lowest BCUT2D eigenvalue weighted by atomic mass is 9.84. The Balaban J connectivity index is 1.46. The summed E-state index contributed by atoms with van der Waals surface area (Å²) in [6, 6.07) is 8.62. The number of carbonyl (C=O) groups is 3. The van der Waals surface area contributed by atoms with E-state index in [1.807, 2.05) is 18.4 Å². The zero-order valence-electron chi connectivity index (χ0n) is 32.9. The van der Waals surface area contributed by atoms with Crippen molar-refractivity contribution in [1.29, 1.82) is 0 Å². The molecule has 0 aliphatic carbocycles. The second-order valence-corrected chi connectivity index (χ2v) is 16.8. The number of thiazole rings is 1. The summed E-state index contributed by atoms with van der Waals surface area (Å²) in [5.74, 6) is -0.281. The molecule has 6 rings (SSSR count). The third-order valence-corrected chi connectivity index (χ3v) is 11.4. The first-order valence-corrected chi connectivity index (χ1v) is 20.0. The van der Waals surface area contributed by atoms with Crippen LogP contribution in [0.4, 0.5) is 4.79 Å². The fourth-order valence-electron chi connectivity index (χ4n) is 7.38. The van der Waals surface area contributed by atoms with Crippen molar-refractivity contribution in [2.75, 3.05) is 33.9 Å². The number of nitrogens with one attached hydrogen (secondary N) is 2. The highest BCUT2D eigenvalue weighted by molar-refractivity contribution is 7.10. The van der Waals surface area contributed by atoms with E-state index in [1.54, 1.807) is 25.3 Å². The lowest BCUT2D eigenvalue weighted by Gasteiger charge is -2.35. The van der Waals surface area contributed by atoms with E-state index in [0.29, 0.717) is 38.3 Å². The van der Waals surface area contributed by atoms with Crippen LogP contribution in [0.5, 0.6) is 0 Å². The van der Waals surface area contributed by atoms with Gasteiger partial charge in [-0.05, 0) is 75.3 Å². The third kappa shape index (κ3) is 8.48. The zero-order chi connectivity index (χ0) is 38.7.